The predicted molar refractivity (Wildman–Crippen MR) is 64.6 cm³/mol. The van der Waals surface area contributed by atoms with Gasteiger partial charge in [0.25, 0.3) is 0 Å². The third-order valence-electron chi connectivity index (χ3n) is 2.37. The number of nitrogens with one attached hydrogen (secondary N) is 1. The number of ether oxygens (including phenoxy) is 1. The lowest BCUT2D eigenvalue weighted by Crippen LogP contribution is -2.44. The Kier molecular flexibility index (Phi) is 6.45. The average Bonchev–Trinajstić information content (AvgIpc) is 2.29. The van der Waals surface area contributed by atoms with Gasteiger partial charge in [-0.3, -0.25) is 4.79 Å². The molecular weight excluding hydrogens is 234 g/mol. The van der Waals surface area contributed by atoms with Crippen molar-refractivity contribution in [2.75, 3.05) is 25.3 Å². The van der Waals surface area contributed by atoms with Crippen LogP contribution in [0.25, 0.3) is 0 Å². The van der Waals surface area contributed by atoms with Crippen molar-refractivity contribution in [2.24, 2.45) is 0 Å². The van der Waals surface area contributed by atoms with E-state index >= 15 is 0 Å². The number of hydrogen-bond donors (Lipinski definition) is 1. The van der Waals surface area contributed by atoms with E-state index in [0.29, 0.717) is 12.5 Å². The van der Waals surface area contributed by atoms with Crippen LogP contribution in [0.1, 0.15) is 19.3 Å². The summed E-state index contributed by atoms with van der Waals surface area (Å²) in [4.78, 5) is 11.8. The van der Waals surface area contributed by atoms with Crippen molar-refractivity contribution in [1.29, 1.82) is 0 Å². The Morgan fingerprint density at radius 2 is 2.47 bits per heavy atom. The largest absolute Gasteiger partial charge is 0.383 e. The zero-order valence-electron chi connectivity index (χ0n) is 9.00. The van der Waals surface area contributed by atoms with Crippen molar-refractivity contribution < 1.29 is 9.53 Å². The molecule has 1 aliphatic heterocycles. The minimum Gasteiger partial charge on any atom is -0.383 e. The molecule has 0 spiro atoms. The molecule has 1 N–H and O–H groups in total. The molecular formula is C10H18ClNO2S. The first kappa shape index (κ1) is 13.1. The Hall–Kier alpha value is 0.0700. The van der Waals surface area contributed by atoms with Crippen molar-refractivity contribution in [1.82, 2.24) is 5.32 Å². The summed E-state index contributed by atoms with van der Waals surface area (Å²) in [5.74, 6) is 1.60. The minimum absolute atomic E-state index is 0.0632. The van der Waals surface area contributed by atoms with E-state index in [1.54, 1.807) is 18.9 Å². The standard InChI is InChI=1S/C10H18ClNO2S/c1-14-7-8(6-11)12-10(13)9-4-2-3-5-15-9/h8-9H,2-7H2,1H3,(H,12,13). The maximum Gasteiger partial charge on any atom is 0.233 e. The maximum atomic E-state index is 11.8. The molecule has 15 heavy (non-hydrogen) atoms. The molecule has 0 aromatic carbocycles. The lowest BCUT2D eigenvalue weighted by molar-refractivity contribution is -0.121. The summed E-state index contributed by atoms with van der Waals surface area (Å²) in [6, 6.07) is -0.0632. The van der Waals surface area contributed by atoms with Crippen LogP contribution in [-0.2, 0) is 9.53 Å². The zero-order chi connectivity index (χ0) is 11.1. The predicted octanol–water partition coefficient (Wildman–Crippen LogP) is 1.64. The van der Waals surface area contributed by atoms with E-state index in [1.165, 1.54) is 6.42 Å². The van der Waals surface area contributed by atoms with Crippen molar-refractivity contribution >= 4 is 29.3 Å². The smallest absolute Gasteiger partial charge is 0.233 e. The van der Waals surface area contributed by atoms with Crippen molar-refractivity contribution in [3.8, 4) is 0 Å². The molecule has 0 aliphatic carbocycles. The maximum absolute atomic E-state index is 11.8. The lowest BCUT2D eigenvalue weighted by Gasteiger charge is -2.23. The average molecular weight is 252 g/mol. The van der Waals surface area contributed by atoms with E-state index in [-0.39, 0.29) is 17.2 Å². The number of carbonyl (C=O) groups excluding carboxylic acids is 1. The molecule has 1 rings (SSSR count). The lowest BCUT2D eigenvalue weighted by atomic mass is 10.1. The summed E-state index contributed by atoms with van der Waals surface area (Å²) in [6.45, 7) is 0.479. The second-order valence-electron chi connectivity index (χ2n) is 3.67. The normalized spacial score (nSPS) is 23.5. The molecule has 1 fully saturated rings. The van der Waals surface area contributed by atoms with E-state index < -0.39 is 0 Å². The van der Waals surface area contributed by atoms with Gasteiger partial charge in [0.1, 0.15) is 0 Å². The third kappa shape index (κ3) is 4.62. The summed E-state index contributed by atoms with van der Waals surface area (Å²) in [5.41, 5.74) is 0. The highest BCUT2D eigenvalue weighted by molar-refractivity contribution is 8.00. The highest BCUT2D eigenvalue weighted by Gasteiger charge is 2.23. The molecule has 0 saturated carbocycles. The molecule has 0 radical (unpaired) electrons. The number of carbonyl (C=O) groups is 1. The molecule has 88 valence electrons. The van der Waals surface area contributed by atoms with Gasteiger partial charge in [0, 0.05) is 13.0 Å². The molecule has 1 amide bonds. The fraction of sp³-hybridized carbons (Fsp3) is 0.900. The highest BCUT2D eigenvalue weighted by Crippen LogP contribution is 2.25. The SMILES string of the molecule is COCC(CCl)NC(=O)C1CCCCS1. The first-order chi connectivity index (χ1) is 7.27. The van der Waals surface area contributed by atoms with Crippen LogP contribution < -0.4 is 5.32 Å². The Morgan fingerprint density at radius 1 is 1.67 bits per heavy atom. The van der Waals surface area contributed by atoms with Crippen LogP contribution >= 0.6 is 23.4 Å². The minimum atomic E-state index is -0.0632. The van der Waals surface area contributed by atoms with Crippen LogP contribution in [-0.4, -0.2) is 42.5 Å². The fourth-order valence-electron chi connectivity index (χ4n) is 1.57. The van der Waals surface area contributed by atoms with Gasteiger partial charge in [-0.25, -0.2) is 0 Å². The van der Waals surface area contributed by atoms with E-state index in [2.05, 4.69) is 5.32 Å². The van der Waals surface area contributed by atoms with Crippen LogP contribution in [0, 0.1) is 0 Å². The Balaban J connectivity index is 2.31. The van der Waals surface area contributed by atoms with Gasteiger partial charge in [-0.1, -0.05) is 6.42 Å². The van der Waals surface area contributed by atoms with Gasteiger partial charge in [-0.2, -0.15) is 0 Å². The first-order valence-electron chi connectivity index (χ1n) is 5.24. The topological polar surface area (TPSA) is 38.3 Å². The second-order valence-corrected chi connectivity index (χ2v) is 5.29. The van der Waals surface area contributed by atoms with Crippen LogP contribution in [0.4, 0.5) is 0 Å². The van der Waals surface area contributed by atoms with Gasteiger partial charge in [0.05, 0.1) is 17.9 Å². The summed E-state index contributed by atoms with van der Waals surface area (Å²) >= 11 is 7.47. The van der Waals surface area contributed by atoms with E-state index in [0.717, 1.165) is 18.6 Å². The van der Waals surface area contributed by atoms with Crippen LogP contribution in [0.3, 0.4) is 0 Å². The Labute approximate surface area is 100 Å². The number of rotatable bonds is 5. The fourth-order valence-corrected chi connectivity index (χ4v) is 2.94. The van der Waals surface area contributed by atoms with Gasteiger partial charge in [-0.05, 0) is 18.6 Å². The van der Waals surface area contributed by atoms with Gasteiger partial charge in [0.15, 0.2) is 0 Å². The van der Waals surface area contributed by atoms with Crippen molar-refractivity contribution in [2.45, 2.75) is 30.6 Å². The van der Waals surface area contributed by atoms with Crippen LogP contribution in [0.2, 0.25) is 0 Å². The number of halogens is 1. The number of thioether (sulfide) groups is 1. The number of alkyl halides is 1. The van der Waals surface area contributed by atoms with Crippen molar-refractivity contribution in [3.63, 3.8) is 0 Å². The van der Waals surface area contributed by atoms with Gasteiger partial charge >= 0.3 is 0 Å². The Bertz CT molecular complexity index is 198. The van der Waals surface area contributed by atoms with E-state index in [1.807, 2.05) is 0 Å². The van der Waals surface area contributed by atoms with Crippen LogP contribution in [0.5, 0.6) is 0 Å². The number of hydrogen-bond acceptors (Lipinski definition) is 3. The second kappa shape index (κ2) is 7.36. The van der Waals surface area contributed by atoms with Gasteiger partial charge in [0.2, 0.25) is 5.91 Å². The molecule has 0 aromatic heterocycles. The molecule has 1 saturated heterocycles. The quantitative estimate of drug-likeness (QED) is 0.755. The Morgan fingerprint density at radius 3 is 3.00 bits per heavy atom. The summed E-state index contributed by atoms with van der Waals surface area (Å²) < 4.78 is 4.98. The first-order valence-corrected chi connectivity index (χ1v) is 6.83. The van der Waals surface area contributed by atoms with Crippen molar-refractivity contribution in [3.05, 3.63) is 0 Å². The molecule has 1 heterocycles. The number of amides is 1. The molecule has 2 atom stereocenters. The molecule has 5 heteroatoms. The summed E-state index contributed by atoms with van der Waals surface area (Å²) in [5, 5.41) is 3.03. The zero-order valence-corrected chi connectivity index (χ0v) is 10.6. The molecule has 0 bridgehead atoms. The van der Waals surface area contributed by atoms with Gasteiger partial charge < -0.3 is 10.1 Å². The highest BCUT2D eigenvalue weighted by atomic mass is 35.5. The number of methoxy groups -OCH3 is 1. The molecule has 3 nitrogen and oxygen atoms in total. The summed E-state index contributed by atoms with van der Waals surface area (Å²) in [6.07, 6.45) is 3.37. The summed E-state index contributed by atoms with van der Waals surface area (Å²) in [7, 11) is 1.61. The van der Waals surface area contributed by atoms with E-state index in [4.69, 9.17) is 16.3 Å². The molecule has 2 unspecified atom stereocenters. The van der Waals surface area contributed by atoms with Crippen LogP contribution in [0.15, 0.2) is 0 Å². The monoisotopic (exact) mass is 251 g/mol. The van der Waals surface area contributed by atoms with E-state index in [9.17, 15) is 4.79 Å². The molecule has 0 aromatic rings. The third-order valence-corrected chi connectivity index (χ3v) is 4.12. The molecule has 1 aliphatic rings. The van der Waals surface area contributed by atoms with Gasteiger partial charge in [-0.15, -0.1) is 23.4 Å².